The molecule has 0 saturated carbocycles. The van der Waals surface area contributed by atoms with Gasteiger partial charge in [-0.2, -0.15) is 10.3 Å². The van der Waals surface area contributed by atoms with E-state index < -0.39 is 12.1 Å². The number of anilines is 2. The standard InChI is InChI=1S/C21H16N6O3S/c1-3-19-24-18(13-31-19)25-20(28)26-27(21(29)30-4-2)16-7-5-15(6-8-16)17-11-14(12-22)9-10-23-17/h1,5-11,13H,4H2,2H3,(H2,25,26,28). The van der Waals surface area contributed by atoms with Crippen LogP contribution in [0.4, 0.5) is 21.1 Å². The highest BCUT2D eigenvalue weighted by Crippen LogP contribution is 2.22. The zero-order valence-electron chi connectivity index (χ0n) is 16.3. The van der Waals surface area contributed by atoms with Gasteiger partial charge in [-0.15, -0.1) is 17.8 Å². The Balaban J connectivity index is 1.79. The van der Waals surface area contributed by atoms with Gasteiger partial charge in [0.05, 0.1) is 29.6 Å². The molecule has 0 bridgehead atoms. The molecule has 0 radical (unpaired) electrons. The molecule has 0 saturated heterocycles. The van der Waals surface area contributed by atoms with Gasteiger partial charge in [-0.3, -0.25) is 10.3 Å². The number of urea groups is 1. The number of hydrazine groups is 1. The number of ether oxygens (including phenoxy) is 1. The van der Waals surface area contributed by atoms with E-state index >= 15 is 0 Å². The van der Waals surface area contributed by atoms with Crippen molar-refractivity contribution in [3.05, 3.63) is 58.5 Å². The van der Waals surface area contributed by atoms with Gasteiger partial charge >= 0.3 is 12.1 Å². The number of nitrogens with zero attached hydrogens (tertiary/aromatic N) is 4. The number of benzene rings is 1. The fourth-order valence-electron chi connectivity index (χ4n) is 2.49. The van der Waals surface area contributed by atoms with Gasteiger partial charge in [0.15, 0.2) is 5.01 Å². The molecule has 2 aromatic heterocycles. The van der Waals surface area contributed by atoms with Crippen molar-refractivity contribution in [2.45, 2.75) is 6.92 Å². The average molecular weight is 432 g/mol. The van der Waals surface area contributed by atoms with Crippen LogP contribution >= 0.6 is 11.3 Å². The molecule has 31 heavy (non-hydrogen) atoms. The number of amides is 3. The van der Waals surface area contributed by atoms with Crippen LogP contribution in [-0.4, -0.2) is 28.7 Å². The van der Waals surface area contributed by atoms with Gasteiger partial charge in [0.1, 0.15) is 5.82 Å². The molecule has 0 aliphatic rings. The molecule has 2 N–H and O–H groups in total. The molecule has 3 aromatic rings. The van der Waals surface area contributed by atoms with Gasteiger partial charge in [0.25, 0.3) is 0 Å². The summed E-state index contributed by atoms with van der Waals surface area (Å²) >= 11 is 1.20. The first-order valence-corrected chi connectivity index (χ1v) is 9.85. The van der Waals surface area contributed by atoms with Crippen molar-refractivity contribution in [3.63, 3.8) is 0 Å². The highest BCUT2D eigenvalue weighted by Gasteiger charge is 2.20. The number of hydrogen-bond acceptors (Lipinski definition) is 7. The number of nitrogens with one attached hydrogen (secondary N) is 2. The van der Waals surface area contributed by atoms with Crippen LogP contribution in [0.15, 0.2) is 48.0 Å². The summed E-state index contributed by atoms with van der Waals surface area (Å²) in [5, 5.41) is 14.5. The van der Waals surface area contributed by atoms with Crippen molar-refractivity contribution >= 4 is 35.0 Å². The molecule has 3 amide bonds. The maximum absolute atomic E-state index is 12.4. The van der Waals surface area contributed by atoms with E-state index in [0.717, 1.165) is 10.6 Å². The van der Waals surface area contributed by atoms with E-state index in [0.29, 0.717) is 22.0 Å². The molecule has 1 aromatic carbocycles. The van der Waals surface area contributed by atoms with Crippen LogP contribution in [0.25, 0.3) is 11.3 Å². The smallest absolute Gasteiger partial charge is 0.433 e. The second-order valence-electron chi connectivity index (χ2n) is 5.87. The molecule has 154 valence electrons. The number of hydrogen-bond donors (Lipinski definition) is 2. The predicted molar refractivity (Wildman–Crippen MR) is 116 cm³/mol. The molecule has 10 heteroatoms. The van der Waals surface area contributed by atoms with E-state index in [1.54, 1.807) is 54.9 Å². The molecule has 0 spiro atoms. The maximum Gasteiger partial charge on any atom is 0.433 e. The Labute approximate surface area is 182 Å². The second kappa shape index (κ2) is 9.87. The quantitative estimate of drug-likeness (QED) is 0.478. The van der Waals surface area contributed by atoms with E-state index in [4.69, 9.17) is 16.4 Å². The largest absolute Gasteiger partial charge is 0.448 e. The summed E-state index contributed by atoms with van der Waals surface area (Å²) in [6.07, 6.45) is 6.05. The minimum atomic E-state index is -0.766. The third kappa shape index (κ3) is 5.35. The van der Waals surface area contributed by atoms with Crippen molar-refractivity contribution in [2.75, 3.05) is 16.9 Å². The van der Waals surface area contributed by atoms with Gasteiger partial charge in [-0.25, -0.2) is 20.0 Å². The molecule has 0 fully saturated rings. The molecule has 9 nitrogen and oxygen atoms in total. The van der Waals surface area contributed by atoms with Crippen LogP contribution in [0.5, 0.6) is 0 Å². The zero-order valence-corrected chi connectivity index (χ0v) is 17.1. The monoisotopic (exact) mass is 432 g/mol. The average Bonchev–Trinajstić information content (AvgIpc) is 3.25. The van der Waals surface area contributed by atoms with Crippen LogP contribution in [0.3, 0.4) is 0 Å². The van der Waals surface area contributed by atoms with Crippen molar-refractivity contribution in [3.8, 4) is 29.7 Å². The van der Waals surface area contributed by atoms with E-state index in [-0.39, 0.29) is 12.4 Å². The summed E-state index contributed by atoms with van der Waals surface area (Å²) in [6, 6.07) is 11.3. The van der Waals surface area contributed by atoms with Gasteiger partial charge in [-0.05, 0) is 37.1 Å². The normalized spacial score (nSPS) is 9.77. The minimum absolute atomic E-state index is 0.124. The van der Waals surface area contributed by atoms with Crippen LogP contribution in [-0.2, 0) is 4.74 Å². The van der Waals surface area contributed by atoms with Crippen molar-refractivity contribution in [1.29, 1.82) is 5.26 Å². The van der Waals surface area contributed by atoms with E-state index in [2.05, 4.69) is 32.7 Å². The SMILES string of the molecule is C#Cc1nc(NC(=O)NN(C(=O)OCC)c2ccc(-c3cc(C#N)ccn3)cc2)cs1. The minimum Gasteiger partial charge on any atom is -0.448 e. The summed E-state index contributed by atoms with van der Waals surface area (Å²) in [7, 11) is 0. The van der Waals surface area contributed by atoms with E-state index in [1.807, 2.05) is 0 Å². The number of thiazole rings is 1. The molecule has 2 heterocycles. The summed E-state index contributed by atoms with van der Waals surface area (Å²) in [5.74, 6) is 2.64. The maximum atomic E-state index is 12.4. The van der Waals surface area contributed by atoms with Crippen LogP contribution < -0.4 is 15.8 Å². The fourth-order valence-corrected chi connectivity index (χ4v) is 3.04. The van der Waals surface area contributed by atoms with Crippen molar-refractivity contribution < 1.29 is 14.3 Å². The van der Waals surface area contributed by atoms with Crippen LogP contribution in [0.2, 0.25) is 0 Å². The van der Waals surface area contributed by atoms with Crippen LogP contribution in [0, 0.1) is 23.7 Å². The van der Waals surface area contributed by atoms with Gasteiger partial charge in [0, 0.05) is 17.1 Å². The Morgan fingerprint density at radius 2 is 2.06 bits per heavy atom. The Morgan fingerprint density at radius 1 is 1.29 bits per heavy atom. The van der Waals surface area contributed by atoms with Gasteiger partial charge in [-0.1, -0.05) is 12.1 Å². The lowest BCUT2D eigenvalue weighted by Gasteiger charge is -2.22. The van der Waals surface area contributed by atoms with Gasteiger partial charge < -0.3 is 4.74 Å². The molecule has 0 atom stereocenters. The fraction of sp³-hybridized carbons (Fsp3) is 0.0952. The molecule has 3 rings (SSSR count). The number of terminal acetylenes is 1. The Morgan fingerprint density at radius 3 is 2.71 bits per heavy atom. The van der Waals surface area contributed by atoms with Crippen molar-refractivity contribution in [1.82, 2.24) is 15.4 Å². The topological polar surface area (TPSA) is 120 Å². The van der Waals surface area contributed by atoms with Crippen molar-refractivity contribution in [2.24, 2.45) is 0 Å². The van der Waals surface area contributed by atoms with E-state index in [1.165, 1.54) is 11.3 Å². The molecule has 0 aliphatic heterocycles. The van der Waals surface area contributed by atoms with E-state index in [9.17, 15) is 9.59 Å². The number of carbonyl (C=O) groups is 2. The first-order chi connectivity index (χ1) is 15.0. The zero-order chi connectivity index (χ0) is 22.2. The number of carbonyl (C=O) groups excluding carboxylic acids is 2. The number of rotatable bonds is 4. The summed E-state index contributed by atoms with van der Waals surface area (Å²) in [5.41, 5.74) is 4.61. The highest BCUT2D eigenvalue weighted by molar-refractivity contribution is 7.10. The van der Waals surface area contributed by atoms with Gasteiger partial charge in [0.2, 0.25) is 0 Å². The third-order valence-corrected chi connectivity index (χ3v) is 4.62. The first-order valence-electron chi connectivity index (χ1n) is 8.97. The summed E-state index contributed by atoms with van der Waals surface area (Å²) < 4.78 is 5.03. The lowest BCUT2D eigenvalue weighted by Crippen LogP contribution is -2.48. The molecule has 0 aliphatic carbocycles. The Kier molecular flexibility index (Phi) is 6.78. The Hall–Kier alpha value is -4.41. The summed E-state index contributed by atoms with van der Waals surface area (Å²) in [4.78, 5) is 33.0. The molecule has 0 unspecified atom stereocenters. The predicted octanol–water partition coefficient (Wildman–Crippen LogP) is 3.76. The lowest BCUT2D eigenvalue weighted by atomic mass is 10.1. The number of nitriles is 1. The highest BCUT2D eigenvalue weighted by atomic mass is 32.1. The second-order valence-corrected chi connectivity index (χ2v) is 6.73. The van der Waals surface area contributed by atoms with Crippen LogP contribution in [0.1, 0.15) is 17.5 Å². The number of aromatic nitrogens is 2. The third-order valence-electron chi connectivity index (χ3n) is 3.84. The number of pyridine rings is 1. The first kappa shape index (κ1) is 21.3. The summed E-state index contributed by atoms with van der Waals surface area (Å²) in [6.45, 7) is 1.78. The lowest BCUT2D eigenvalue weighted by molar-refractivity contribution is 0.156. The Bertz CT molecular complexity index is 1180. The molecular weight excluding hydrogens is 416 g/mol. The molecular formula is C21H16N6O3S.